The van der Waals surface area contributed by atoms with Crippen LogP contribution < -0.4 is 0 Å². The van der Waals surface area contributed by atoms with Crippen molar-refractivity contribution in [2.45, 2.75) is 55.0 Å². The van der Waals surface area contributed by atoms with Gasteiger partial charge in [-0.1, -0.05) is 11.1 Å². The van der Waals surface area contributed by atoms with Gasteiger partial charge in [-0.25, -0.2) is 0 Å². The van der Waals surface area contributed by atoms with E-state index in [4.69, 9.17) is 4.43 Å². The molecule has 0 aromatic heterocycles. The first-order valence-electron chi connectivity index (χ1n) is 6.20. The van der Waals surface area contributed by atoms with Gasteiger partial charge in [-0.2, -0.15) is 0 Å². The molecular formula is C15H26OSi. The number of hydrogen-bond acceptors (Lipinski definition) is 1. The lowest BCUT2D eigenvalue weighted by molar-refractivity contribution is 0.344. The van der Waals surface area contributed by atoms with Gasteiger partial charge >= 0.3 is 8.32 Å². The van der Waals surface area contributed by atoms with Gasteiger partial charge in [0.15, 0.2) is 0 Å². The van der Waals surface area contributed by atoms with Crippen LogP contribution in [0.5, 0.6) is 0 Å². The molecule has 0 heterocycles. The van der Waals surface area contributed by atoms with E-state index in [1.807, 2.05) is 6.92 Å². The Morgan fingerprint density at radius 1 is 0.882 bits per heavy atom. The summed E-state index contributed by atoms with van der Waals surface area (Å²) in [7, 11) is -2.19. The second kappa shape index (κ2) is 5.76. The van der Waals surface area contributed by atoms with E-state index in [1.165, 1.54) is 0 Å². The Hall–Kier alpha value is -0.703. The Kier molecular flexibility index (Phi) is 5.52. The Labute approximate surface area is 108 Å². The average molecular weight is 250 g/mol. The highest BCUT2D eigenvalue weighted by Gasteiger charge is 2.25. The SMILES string of the molecule is CCO[Si](C)(C#CC(C)(C)C)C#CC(C)(C)C. The van der Waals surface area contributed by atoms with Crippen LogP contribution in [0.25, 0.3) is 0 Å². The molecule has 0 N–H and O–H groups in total. The summed E-state index contributed by atoms with van der Waals surface area (Å²) in [4.78, 5) is 0. The fourth-order valence-corrected chi connectivity index (χ4v) is 3.02. The number of hydrogen-bond donors (Lipinski definition) is 0. The second-order valence-electron chi connectivity index (χ2n) is 6.47. The first-order valence-corrected chi connectivity index (χ1v) is 8.61. The summed E-state index contributed by atoms with van der Waals surface area (Å²) in [5.74, 6) is 6.54. The minimum absolute atomic E-state index is 0.00870. The van der Waals surface area contributed by atoms with Crippen molar-refractivity contribution >= 4 is 8.32 Å². The van der Waals surface area contributed by atoms with Crippen molar-refractivity contribution < 1.29 is 4.43 Å². The fraction of sp³-hybridized carbons (Fsp3) is 0.733. The van der Waals surface area contributed by atoms with Gasteiger partial charge in [0, 0.05) is 17.4 Å². The van der Waals surface area contributed by atoms with Gasteiger partial charge in [0.05, 0.1) is 0 Å². The molecule has 1 nitrogen and oxygen atoms in total. The Morgan fingerprint density at radius 2 is 1.24 bits per heavy atom. The zero-order valence-electron chi connectivity index (χ0n) is 12.6. The maximum Gasteiger partial charge on any atom is 0.350 e. The highest BCUT2D eigenvalue weighted by Crippen LogP contribution is 2.14. The quantitative estimate of drug-likeness (QED) is 0.535. The molecule has 2 heteroatoms. The standard InChI is InChI=1S/C15H26OSi/c1-9-16-17(8,12-10-14(2,3)4)13-11-15(5,6)7/h9H2,1-8H3. The minimum Gasteiger partial charge on any atom is -0.397 e. The molecule has 0 aliphatic heterocycles. The van der Waals surface area contributed by atoms with Gasteiger partial charge in [-0.15, -0.1) is 11.8 Å². The lowest BCUT2D eigenvalue weighted by atomic mass is 9.99. The molecule has 0 aliphatic carbocycles. The molecular weight excluding hydrogens is 224 g/mol. The van der Waals surface area contributed by atoms with Crippen LogP contribution in [0.2, 0.25) is 6.55 Å². The molecule has 0 saturated heterocycles. The molecule has 0 unspecified atom stereocenters. The highest BCUT2D eigenvalue weighted by molar-refractivity contribution is 6.87. The Bertz CT molecular complexity index is 328. The minimum atomic E-state index is -2.19. The monoisotopic (exact) mass is 250 g/mol. The van der Waals surface area contributed by atoms with Crippen molar-refractivity contribution in [1.82, 2.24) is 0 Å². The predicted octanol–water partition coefficient (Wildman–Crippen LogP) is 3.78. The van der Waals surface area contributed by atoms with Crippen molar-refractivity contribution in [3.05, 3.63) is 0 Å². The van der Waals surface area contributed by atoms with E-state index in [-0.39, 0.29) is 10.8 Å². The third-order valence-electron chi connectivity index (χ3n) is 1.79. The van der Waals surface area contributed by atoms with Gasteiger partial charge in [0.25, 0.3) is 0 Å². The summed E-state index contributed by atoms with van der Waals surface area (Å²) in [6, 6.07) is 0. The van der Waals surface area contributed by atoms with E-state index in [1.54, 1.807) is 0 Å². The molecule has 0 aromatic carbocycles. The van der Waals surface area contributed by atoms with Gasteiger partial charge < -0.3 is 4.43 Å². The summed E-state index contributed by atoms with van der Waals surface area (Å²) in [6.45, 7) is 17.4. The molecule has 0 saturated carbocycles. The normalized spacial score (nSPS) is 12.2. The van der Waals surface area contributed by atoms with Crippen molar-refractivity contribution in [3.8, 4) is 22.9 Å². The van der Waals surface area contributed by atoms with Crippen LogP contribution in [0.4, 0.5) is 0 Å². The molecule has 0 fully saturated rings. The van der Waals surface area contributed by atoms with Crippen LogP contribution in [-0.2, 0) is 4.43 Å². The second-order valence-corrected chi connectivity index (χ2v) is 9.32. The summed E-state index contributed by atoms with van der Waals surface area (Å²) >= 11 is 0. The third kappa shape index (κ3) is 9.04. The van der Waals surface area contributed by atoms with E-state index < -0.39 is 8.32 Å². The maximum absolute atomic E-state index is 5.81. The van der Waals surface area contributed by atoms with Crippen LogP contribution in [-0.4, -0.2) is 14.9 Å². The zero-order chi connectivity index (χ0) is 13.7. The molecule has 0 radical (unpaired) electrons. The average Bonchev–Trinajstić information content (AvgIpc) is 2.11. The van der Waals surface area contributed by atoms with Crippen molar-refractivity contribution in [3.63, 3.8) is 0 Å². The first-order chi connectivity index (χ1) is 7.47. The smallest absolute Gasteiger partial charge is 0.350 e. The highest BCUT2D eigenvalue weighted by atomic mass is 28.4. The van der Waals surface area contributed by atoms with E-state index in [0.29, 0.717) is 6.61 Å². The number of rotatable bonds is 2. The topological polar surface area (TPSA) is 9.23 Å². The summed E-state index contributed by atoms with van der Waals surface area (Å²) in [6.07, 6.45) is 0. The lowest BCUT2D eigenvalue weighted by Crippen LogP contribution is -2.32. The van der Waals surface area contributed by atoms with Crippen LogP contribution in [0.3, 0.4) is 0 Å². The van der Waals surface area contributed by atoms with E-state index in [9.17, 15) is 0 Å². The maximum atomic E-state index is 5.81. The molecule has 96 valence electrons. The Balaban J connectivity index is 5.15. The van der Waals surface area contributed by atoms with Gasteiger partial charge in [-0.05, 0) is 55.0 Å². The summed E-state index contributed by atoms with van der Waals surface area (Å²) < 4.78 is 5.81. The molecule has 0 aliphatic rings. The van der Waals surface area contributed by atoms with Gasteiger partial charge in [0.1, 0.15) is 0 Å². The van der Waals surface area contributed by atoms with E-state index in [0.717, 1.165) is 0 Å². The van der Waals surface area contributed by atoms with Crippen LogP contribution >= 0.6 is 0 Å². The molecule has 17 heavy (non-hydrogen) atoms. The fourth-order valence-electron chi connectivity index (χ4n) is 1.01. The van der Waals surface area contributed by atoms with Crippen molar-refractivity contribution in [1.29, 1.82) is 0 Å². The van der Waals surface area contributed by atoms with Crippen molar-refractivity contribution in [2.24, 2.45) is 10.8 Å². The molecule has 0 aromatic rings. The van der Waals surface area contributed by atoms with Crippen LogP contribution in [0.15, 0.2) is 0 Å². The summed E-state index contributed by atoms with van der Waals surface area (Å²) in [5.41, 5.74) is 6.62. The van der Waals surface area contributed by atoms with Crippen molar-refractivity contribution in [2.75, 3.05) is 6.61 Å². The van der Waals surface area contributed by atoms with E-state index in [2.05, 4.69) is 71.0 Å². The van der Waals surface area contributed by atoms with E-state index >= 15 is 0 Å². The van der Waals surface area contributed by atoms with Crippen LogP contribution in [0.1, 0.15) is 48.5 Å². The van der Waals surface area contributed by atoms with Gasteiger partial charge in [-0.3, -0.25) is 0 Å². The molecule has 0 spiro atoms. The van der Waals surface area contributed by atoms with Gasteiger partial charge in [0.2, 0.25) is 0 Å². The largest absolute Gasteiger partial charge is 0.397 e. The lowest BCUT2D eigenvalue weighted by Gasteiger charge is -2.17. The van der Waals surface area contributed by atoms with Crippen LogP contribution in [0, 0.1) is 33.8 Å². The molecule has 0 rings (SSSR count). The molecule has 0 amide bonds. The predicted molar refractivity (Wildman–Crippen MR) is 77.7 cm³/mol. The molecule has 0 bridgehead atoms. The summed E-state index contributed by atoms with van der Waals surface area (Å²) in [5, 5.41) is 0. The molecule has 0 atom stereocenters. The third-order valence-corrected chi connectivity index (χ3v) is 3.86. The Morgan fingerprint density at radius 3 is 1.47 bits per heavy atom. The zero-order valence-corrected chi connectivity index (χ0v) is 13.6. The first kappa shape index (κ1) is 16.3.